The number of hydrogen-bond donors (Lipinski definition) is 1. The highest BCUT2D eigenvalue weighted by Gasteiger charge is 2.21. The molecule has 0 fully saturated rings. The predicted molar refractivity (Wildman–Crippen MR) is 66.7 cm³/mol. The van der Waals surface area contributed by atoms with Crippen molar-refractivity contribution in [3.63, 3.8) is 0 Å². The molecule has 0 aromatic rings. The number of carbonyl (C=O) groups is 1. The summed E-state index contributed by atoms with van der Waals surface area (Å²) in [5, 5.41) is 0. The van der Waals surface area contributed by atoms with Crippen molar-refractivity contribution in [2.24, 2.45) is 5.73 Å². The van der Waals surface area contributed by atoms with E-state index in [2.05, 4.69) is 0 Å². The summed E-state index contributed by atoms with van der Waals surface area (Å²) in [5.41, 5.74) is 5.38. The molecule has 1 rings (SSSR count). The molecule has 0 saturated carbocycles. The van der Waals surface area contributed by atoms with Gasteiger partial charge in [-0.3, -0.25) is 0 Å². The molecular weight excluding hydrogens is 218 g/mol. The zero-order valence-corrected chi connectivity index (χ0v) is 10.9. The standard InChI is InChI=1S/C13H23NO3/c1-13(2,3)17-12(15)16-11-7-5-4-6-10(14)8-9-11/h5,7,10-11H,4,6,8-9,14H2,1-3H3/b7-5+. The molecule has 0 aromatic carbocycles. The number of carbonyl (C=O) groups excluding carboxylic acids is 1. The molecule has 0 spiro atoms. The fraction of sp³-hybridized carbons (Fsp3) is 0.769. The topological polar surface area (TPSA) is 61.5 Å². The fourth-order valence-electron chi connectivity index (χ4n) is 1.67. The van der Waals surface area contributed by atoms with Crippen molar-refractivity contribution in [3.8, 4) is 0 Å². The summed E-state index contributed by atoms with van der Waals surface area (Å²) in [5.74, 6) is 0. The number of nitrogens with two attached hydrogens (primary N) is 1. The summed E-state index contributed by atoms with van der Waals surface area (Å²) in [6, 6.07) is 0.199. The zero-order valence-electron chi connectivity index (χ0n) is 10.9. The quantitative estimate of drug-likeness (QED) is 0.566. The van der Waals surface area contributed by atoms with Crippen LogP contribution < -0.4 is 5.73 Å². The minimum Gasteiger partial charge on any atom is -0.429 e. The molecule has 1 aliphatic rings. The number of hydrogen-bond acceptors (Lipinski definition) is 4. The second-order valence-corrected chi connectivity index (χ2v) is 5.46. The lowest BCUT2D eigenvalue weighted by Gasteiger charge is -2.23. The smallest absolute Gasteiger partial charge is 0.429 e. The first-order chi connectivity index (χ1) is 7.87. The Bertz CT molecular complexity index is 281. The van der Waals surface area contributed by atoms with E-state index in [-0.39, 0.29) is 12.1 Å². The molecule has 0 radical (unpaired) electrons. The molecule has 1 aliphatic carbocycles. The predicted octanol–water partition coefficient (Wildman–Crippen LogP) is 2.76. The third-order valence-electron chi connectivity index (χ3n) is 2.51. The first-order valence-corrected chi connectivity index (χ1v) is 6.19. The summed E-state index contributed by atoms with van der Waals surface area (Å²) < 4.78 is 10.4. The molecule has 4 heteroatoms. The highest BCUT2D eigenvalue weighted by atomic mass is 16.7. The Kier molecular flexibility index (Phi) is 5.00. The Morgan fingerprint density at radius 3 is 2.65 bits per heavy atom. The number of ether oxygens (including phenoxy) is 2. The Morgan fingerprint density at radius 1 is 1.29 bits per heavy atom. The van der Waals surface area contributed by atoms with E-state index >= 15 is 0 Å². The van der Waals surface area contributed by atoms with Gasteiger partial charge in [0.2, 0.25) is 0 Å². The Hall–Kier alpha value is -1.03. The summed E-state index contributed by atoms with van der Waals surface area (Å²) >= 11 is 0. The van der Waals surface area contributed by atoms with E-state index in [0.717, 1.165) is 25.7 Å². The van der Waals surface area contributed by atoms with Gasteiger partial charge in [0.1, 0.15) is 11.7 Å². The van der Waals surface area contributed by atoms with Crippen LogP contribution in [0.15, 0.2) is 12.2 Å². The van der Waals surface area contributed by atoms with Crippen molar-refractivity contribution >= 4 is 6.16 Å². The van der Waals surface area contributed by atoms with Crippen LogP contribution in [0.2, 0.25) is 0 Å². The molecule has 98 valence electrons. The molecule has 0 aliphatic heterocycles. The van der Waals surface area contributed by atoms with Gasteiger partial charge in [-0.2, -0.15) is 0 Å². The van der Waals surface area contributed by atoms with Gasteiger partial charge in [0, 0.05) is 6.04 Å². The van der Waals surface area contributed by atoms with Gasteiger partial charge in [0.25, 0.3) is 0 Å². The average Bonchev–Trinajstić information content (AvgIpc) is 2.14. The van der Waals surface area contributed by atoms with Crippen LogP contribution in [0.3, 0.4) is 0 Å². The van der Waals surface area contributed by atoms with Crippen LogP contribution in [-0.4, -0.2) is 23.9 Å². The van der Waals surface area contributed by atoms with Gasteiger partial charge in [-0.15, -0.1) is 0 Å². The molecule has 2 N–H and O–H groups in total. The monoisotopic (exact) mass is 241 g/mol. The van der Waals surface area contributed by atoms with Gasteiger partial charge < -0.3 is 15.2 Å². The second-order valence-electron chi connectivity index (χ2n) is 5.46. The highest BCUT2D eigenvalue weighted by Crippen LogP contribution is 2.16. The van der Waals surface area contributed by atoms with Crippen LogP contribution in [0.5, 0.6) is 0 Å². The van der Waals surface area contributed by atoms with Gasteiger partial charge in [-0.05, 0) is 52.5 Å². The summed E-state index contributed by atoms with van der Waals surface area (Å²) in [7, 11) is 0. The van der Waals surface area contributed by atoms with Crippen LogP contribution in [0.25, 0.3) is 0 Å². The van der Waals surface area contributed by atoms with E-state index < -0.39 is 11.8 Å². The van der Waals surface area contributed by atoms with Crippen LogP contribution in [0.4, 0.5) is 4.79 Å². The Labute approximate surface area is 103 Å². The van der Waals surface area contributed by atoms with E-state index in [1.54, 1.807) is 0 Å². The van der Waals surface area contributed by atoms with Crippen molar-refractivity contribution in [2.45, 2.75) is 64.2 Å². The van der Waals surface area contributed by atoms with Crippen molar-refractivity contribution < 1.29 is 14.3 Å². The van der Waals surface area contributed by atoms with E-state index in [9.17, 15) is 4.79 Å². The van der Waals surface area contributed by atoms with Gasteiger partial charge in [-0.25, -0.2) is 4.79 Å². The number of rotatable bonds is 1. The van der Waals surface area contributed by atoms with Crippen LogP contribution in [-0.2, 0) is 9.47 Å². The molecular formula is C13H23NO3. The molecule has 0 bridgehead atoms. The van der Waals surface area contributed by atoms with Gasteiger partial charge >= 0.3 is 6.16 Å². The molecule has 0 heterocycles. The summed E-state index contributed by atoms with van der Waals surface area (Å²) in [6.07, 6.45) is 6.70. The number of allylic oxidation sites excluding steroid dienone is 1. The third kappa shape index (κ3) is 6.31. The largest absolute Gasteiger partial charge is 0.509 e. The van der Waals surface area contributed by atoms with E-state index in [4.69, 9.17) is 15.2 Å². The Balaban J connectivity index is 2.44. The third-order valence-corrected chi connectivity index (χ3v) is 2.51. The SMILES string of the molecule is CC(C)(C)OC(=O)OC1/C=C/CCC(N)CC1. The molecule has 0 aromatic heterocycles. The lowest BCUT2D eigenvalue weighted by atomic mass is 10.0. The van der Waals surface area contributed by atoms with E-state index in [1.165, 1.54) is 0 Å². The lowest BCUT2D eigenvalue weighted by molar-refractivity contribution is -0.0201. The van der Waals surface area contributed by atoms with E-state index in [0.29, 0.717) is 0 Å². The van der Waals surface area contributed by atoms with Crippen LogP contribution in [0, 0.1) is 0 Å². The van der Waals surface area contributed by atoms with Crippen molar-refractivity contribution in [2.75, 3.05) is 0 Å². The maximum Gasteiger partial charge on any atom is 0.509 e. The molecule has 2 unspecified atom stereocenters. The molecule has 0 saturated heterocycles. The summed E-state index contributed by atoms with van der Waals surface area (Å²) in [6.45, 7) is 5.45. The first-order valence-electron chi connectivity index (χ1n) is 6.19. The van der Waals surface area contributed by atoms with Crippen LogP contribution >= 0.6 is 0 Å². The van der Waals surface area contributed by atoms with Gasteiger partial charge in [0.05, 0.1) is 0 Å². The highest BCUT2D eigenvalue weighted by molar-refractivity contribution is 5.61. The lowest BCUT2D eigenvalue weighted by Crippen LogP contribution is -2.29. The van der Waals surface area contributed by atoms with Crippen LogP contribution in [0.1, 0.15) is 46.5 Å². The van der Waals surface area contributed by atoms with Gasteiger partial charge in [-0.1, -0.05) is 6.08 Å². The minimum atomic E-state index is -0.610. The van der Waals surface area contributed by atoms with Crippen molar-refractivity contribution in [3.05, 3.63) is 12.2 Å². The zero-order chi connectivity index (χ0) is 12.9. The molecule has 4 nitrogen and oxygen atoms in total. The van der Waals surface area contributed by atoms with E-state index in [1.807, 2.05) is 32.9 Å². The summed E-state index contributed by atoms with van der Waals surface area (Å²) in [4.78, 5) is 11.5. The average molecular weight is 241 g/mol. The molecule has 17 heavy (non-hydrogen) atoms. The first kappa shape index (κ1) is 14.0. The van der Waals surface area contributed by atoms with Crippen molar-refractivity contribution in [1.29, 1.82) is 0 Å². The maximum atomic E-state index is 11.5. The minimum absolute atomic E-state index is 0.199. The maximum absolute atomic E-state index is 11.5. The Morgan fingerprint density at radius 2 is 2.00 bits per heavy atom. The second kappa shape index (κ2) is 6.05. The normalized spacial score (nSPS) is 27.8. The molecule has 0 amide bonds. The molecule has 2 atom stereocenters. The fourth-order valence-corrected chi connectivity index (χ4v) is 1.67. The van der Waals surface area contributed by atoms with Crippen molar-refractivity contribution in [1.82, 2.24) is 0 Å². The van der Waals surface area contributed by atoms with Gasteiger partial charge in [0.15, 0.2) is 0 Å².